The average Bonchev–Trinajstić information content (AvgIpc) is 2.89. The summed E-state index contributed by atoms with van der Waals surface area (Å²) in [7, 11) is -4.03. The minimum Gasteiger partial charge on any atom is -0.368 e. The monoisotopic (exact) mass is 353 g/mol. The zero-order valence-electron chi connectivity index (χ0n) is 13.1. The van der Waals surface area contributed by atoms with Crippen LogP contribution < -0.4 is 5.73 Å². The molecule has 0 atom stereocenters. The lowest BCUT2D eigenvalue weighted by atomic mass is 10.0. The number of nitrogens with zero attached hydrogens (tertiary/aromatic N) is 3. The Hall–Kier alpha value is -2.79. The van der Waals surface area contributed by atoms with Crippen LogP contribution in [0, 0.1) is 19.3 Å². The van der Waals surface area contributed by atoms with Crippen molar-refractivity contribution in [2.24, 2.45) is 5.73 Å². The van der Waals surface area contributed by atoms with Gasteiger partial charge in [0.15, 0.2) is 0 Å². The highest BCUT2D eigenvalue weighted by molar-refractivity contribution is 7.85. The standard InChI is InChI=1S/C13H15N5O5S/c1-7-6-9(11-16-8(2)22-17-11)4-5-10(7)12(19)18(13(14)15)23-24(3,20)21/h4-6H,1-3H3,(H3,14,15). The van der Waals surface area contributed by atoms with Gasteiger partial charge in [0.25, 0.3) is 16.0 Å². The lowest BCUT2D eigenvalue weighted by molar-refractivity contribution is 0.0200. The molecule has 1 aromatic heterocycles. The SMILES string of the molecule is Cc1nc(-c2ccc(C(=O)N(OS(C)(=O)=O)C(=N)N)c(C)c2)no1. The molecule has 1 aromatic carbocycles. The van der Waals surface area contributed by atoms with Crippen molar-refractivity contribution in [3.05, 3.63) is 35.2 Å². The van der Waals surface area contributed by atoms with Crippen molar-refractivity contribution in [2.75, 3.05) is 6.26 Å². The van der Waals surface area contributed by atoms with Crippen molar-refractivity contribution in [1.82, 2.24) is 15.2 Å². The van der Waals surface area contributed by atoms with Crippen LogP contribution in [0.15, 0.2) is 22.7 Å². The number of nitrogens with two attached hydrogens (primary N) is 1. The van der Waals surface area contributed by atoms with Gasteiger partial charge in [-0.15, -0.1) is 9.35 Å². The first-order chi connectivity index (χ1) is 11.1. The van der Waals surface area contributed by atoms with Gasteiger partial charge in [-0.2, -0.15) is 13.4 Å². The Morgan fingerprint density at radius 2 is 2.04 bits per heavy atom. The number of hydrogen-bond acceptors (Lipinski definition) is 8. The molecule has 0 aliphatic rings. The number of nitrogens with one attached hydrogen (secondary N) is 1. The summed E-state index contributed by atoms with van der Waals surface area (Å²) in [5, 5.41) is 11.3. The maximum absolute atomic E-state index is 12.4. The molecule has 0 aliphatic heterocycles. The fourth-order valence-corrected chi connectivity index (χ4v) is 2.31. The minimum atomic E-state index is -4.03. The molecule has 24 heavy (non-hydrogen) atoms. The van der Waals surface area contributed by atoms with Gasteiger partial charge in [-0.3, -0.25) is 10.2 Å². The van der Waals surface area contributed by atoms with Gasteiger partial charge in [-0.25, -0.2) is 0 Å². The van der Waals surface area contributed by atoms with Gasteiger partial charge in [0.1, 0.15) is 0 Å². The number of amides is 1. The molecule has 128 valence electrons. The van der Waals surface area contributed by atoms with E-state index < -0.39 is 22.0 Å². The molecule has 0 spiro atoms. The predicted octanol–water partition coefficient (Wildman–Crippen LogP) is 0.580. The fourth-order valence-electron chi connectivity index (χ4n) is 1.89. The van der Waals surface area contributed by atoms with Gasteiger partial charge in [0.2, 0.25) is 17.7 Å². The Balaban J connectivity index is 2.37. The highest BCUT2D eigenvalue weighted by Crippen LogP contribution is 2.21. The summed E-state index contributed by atoms with van der Waals surface area (Å²) in [6, 6.07) is 4.61. The first-order valence-electron chi connectivity index (χ1n) is 6.58. The van der Waals surface area contributed by atoms with E-state index in [2.05, 4.69) is 14.4 Å². The normalized spacial score (nSPS) is 11.3. The molecular formula is C13H15N5O5S. The Morgan fingerprint density at radius 1 is 1.38 bits per heavy atom. The second-order valence-corrected chi connectivity index (χ2v) is 6.49. The second-order valence-electron chi connectivity index (χ2n) is 4.93. The average molecular weight is 353 g/mol. The number of carbonyl (C=O) groups is 1. The Labute approximate surface area is 137 Å². The molecule has 11 heteroatoms. The molecule has 1 amide bonds. The number of guanidine groups is 1. The topological polar surface area (TPSA) is 152 Å². The van der Waals surface area contributed by atoms with Gasteiger partial charge in [-0.05, 0) is 24.6 Å². The number of rotatable bonds is 4. The summed E-state index contributed by atoms with van der Waals surface area (Å²) in [5.74, 6) is -0.999. The van der Waals surface area contributed by atoms with Gasteiger partial charge < -0.3 is 10.3 Å². The third-order valence-corrected chi connectivity index (χ3v) is 3.28. The van der Waals surface area contributed by atoms with Crippen LogP contribution in [0.25, 0.3) is 11.4 Å². The summed E-state index contributed by atoms with van der Waals surface area (Å²) in [5.41, 5.74) is 6.43. The quantitative estimate of drug-likeness (QED) is 0.460. The van der Waals surface area contributed by atoms with Crippen LogP contribution in [-0.2, 0) is 14.4 Å². The van der Waals surface area contributed by atoms with E-state index in [9.17, 15) is 13.2 Å². The first kappa shape index (κ1) is 17.6. The van der Waals surface area contributed by atoms with E-state index in [1.807, 2.05) is 0 Å². The lowest BCUT2D eigenvalue weighted by Crippen LogP contribution is -2.42. The zero-order chi connectivity index (χ0) is 18.1. The summed E-state index contributed by atoms with van der Waals surface area (Å²) >= 11 is 0. The highest BCUT2D eigenvalue weighted by Gasteiger charge is 2.25. The molecular weight excluding hydrogens is 338 g/mol. The van der Waals surface area contributed by atoms with Crippen molar-refractivity contribution >= 4 is 22.0 Å². The zero-order valence-corrected chi connectivity index (χ0v) is 13.9. The number of hydrogen-bond donors (Lipinski definition) is 2. The van der Waals surface area contributed by atoms with Crippen molar-refractivity contribution in [2.45, 2.75) is 13.8 Å². The van der Waals surface area contributed by atoms with E-state index >= 15 is 0 Å². The van der Waals surface area contributed by atoms with Gasteiger partial charge in [-0.1, -0.05) is 11.2 Å². The molecule has 2 aromatic rings. The molecule has 2 rings (SSSR count). The number of benzene rings is 1. The van der Waals surface area contributed by atoms with Crippen LogP contribution in [-0.4, -0.2) is 41.7 Å². The third kappa shape index (κ3) is 3.94. The van der Waals surface area contributed by atoms with Crippen molar-refractivity contribution in [3.8, 4) is 11.4 Å². The number of aromatic nitrogens is 2. The molecule has 0 radical (unpaired) electrons. The maximum atomic E-state index is 12.4. The van der Waals surface area contributed by atoms with Crippen molar-refractivity contribution < 1.29 is 22.0 Å². The van der Waals surface area contributed by atoms with E-state index in [0.717, 1.165) is 6.26 Å². The van der Waals surface area contributed by atoms with Crippen LogP contribution in [0.5, 0.6) is 0 Å². The molecule has 0 saturated carbocycles. The molecule has 0 aliphatic carbocycles. The molecule has 10 nitrogen and oxygen atoms in total. The molecule has 0 unspecified atom stereocenters. The number of carbonyl (C=O) groups excluding carboxylic acids is 1. The van der Waals surface area contributed by atoms with Gasteiger partial charge in [0.05, 0.1) is 6.26 Å². The summed E-state index contributed by atoms with van der Waals surface area (Å²) in [4.78, 5) is 16.5. The number of hydroxylamine groups is 2. The van der Waals surface area contributed by atoms with Crippen LogP contribution in [0.3, 0.4) is 0 Å². The Bertz CT molecular complexity index is 905. The lowest BCUT2D eigenvalue weighted by Gasteiger charge is -2.18. The summed E-state index contributed by atoms with van der Waals surface area (Å²) in [6.07, 6.45) is 0.741. The highest BCUT2D eigenvalue weighted by atomic mass is 32.2. The van der Waals surface area contributed by atoms with Crippen LogP contribution in [0.1, 0.15) is 21.8 Å². The number of aryl methyl sites for hydroxylation is 2. The van der Waals surface area contributed by atoms with E-state index in [-0.39, 0.29) is 10.6 Å². The minimum absolute atomic E-state index is 0.109. The maximum Gasteiger partial charge on any atom is 0.286 e. The molecule has 3 N–H and O–H groups in total. The largest absolute Gasteiger partial charge is 0.368 e. The van der Waals surface area contributed by atoms with Gasteiger partial charge >= 0.3 is 0 Å². The third-order valence-electron chi connectivity index (χ3n) is 2.86. The smallest absolute Gasteiger partial charge is 0.286 e. The molecule has 0 saturated heterocycles. The Kier molecular flexibility index (Phi) is 4.66. The molecule has 0 fully saturated rings. The van der Waals surface area contributed by atoms with Crippen LogP contribution in [0.4, 0.5) is 0 Å². The summed E-state index contributed by atoms with van der Waals surface area (Å²) < 4.78 is 31.8. The van der Waals surface area contributed by atoms with Crippen LogP contribution >= 0.6 is 0 Å². The van der Waals surface area contributed by atoms with Crippen molar-refractivity contribution in [3.63, 3.8) is 0 Å². The van der Waals surface area contributed by atoms with Crippen LogP contribution in [0.2, 0.25) is 0 Å². The Morgan fingerprint density at radius 3 is 2.50 bits per heavy atom. The first-order valence-corrected chi connectivity index (χ1v) is 8.39. The second kappa shape index (κ2) is 6.37. The van der Waals surface area contributed by atoms with E-state index in [1.165, 1.54) is 6.07 Å². The van der Waals surface area contributed by atoms with Crippen molar-refractivity contribution in [1.29, 1.82) is 5.41 Å². The van der Waals surface area contributed by atoms with Gasteiger partial charge in [0, 0.05) is 18.1 Å². The van der Waals surface area contributed by atoms with E-state index in [1.54, 1.807) is 26.0 Å². The molecule has 0 bridgehead atoms. The fraction of sp³-hybridized carbons (Fsp3) is 0.231. The van der Waals surface area contributed by atoms with E-state index in [4.69, 9.17) is 15.7 Å². The van der Waals surface area contributed by atoms with E-state index in [0.29, 0.717) is 22.8 Å². The predicted molar refractivity (Wildman–Crippen MR) is 83.2 cm³/mol. The molecule has 1 heterocycles. The summed E-state index contributed by atoms with van der Waals surface area (Å²) in [6.45, 7) is 3.27.